The topological polar surface area (TPSA) is 60.5 Å². The molecular weight excluding hydrogens is 214 g/mol. The number of aromatic nitrogens is 1. The summed E-state index contributed by atoms with van der Waals surface area (Å²) in [6.07, 6.45) is 1.68. The summed E-state index contributed by atoms with van der Waals surface area (Å²) in [4.78, 5) is 8.44. The normalized spacial score (nSPS) is 11.2. The van der Waals surface area contributed by atoms with Crippen molar-refractivity contribution < 1.29 is 4.74 Å². The van der Waals surface area contributed by atoms with Crippen molar-refractivity contribution in [2.45, 2.75) is 0 Å². The molecule has 0 unspecified atom stereocenters. The van der Waals surface area contributed by atoms with E-state index >= 15 is 0 Å². The van der Waals surface area contributed by atoms with E-state index in [0.29, 0.717) is 23.0 Å². The highest BCUT2D eigenvalue weighted by atomic mass is 16.5. The summed E-state index contributed by atoms with van der Waals surface area (Å²) >= 11 is 0. The molecule has 0 amide bonds. The van der Waals surface area contributed by atoms with Crippen molar-refractivity contribution in [3.05, 3.63) is 54.4 Å². The quantitative estimate of drug-likeness (QED) is 0.645. The monoisotopic (exact) mass is 227 g/mol. The number of para-hydroxylation sites is 2. The fourth-order valence-electron chi connectivity index (χ4n) is 1.42. The predicted molar refractivity (Wildman–Crippen MR) is 67.6 cm³/mol. The number of ether oxygens (including phenoxy) is 1. The molecule has 0 fully saturated rings. The summed E-state index contributed by atoms with van der Waals surface area (Å²) in [6.45, 7) is 0. The Morgan fingerprint density at radius 3 is 2.65 bits per heavy atom. The van der Waals surface area contributed by atoms with Crippen molar-refractivity contribution in [2.24, 2.45) is 10.7 Å². The van der Waals surface area contributed by atoms with Gasteiger partial charge in [0, 0.05) is 6.20 Å². The van der Waals surface area contributed by atoms with Crippen LogP contribution in [-0.2, 0) is 0 Å². The van der Waals surface area contributed by atoms with Gasteiger partial charge in [0.1, 0.15) is 23.0 Å². The van der Waals surface area contributed by atoms with Crippen LogP contribution in [0.4, 0.5) is 5.69 Å². The van der Waals surface area contributed by atoms with E-state index in [9.17, 15) is 0 Å². The second kappa shape index (κ2) is 5.12. The average Bonchev–Trinajstić information content (AvgIpc) is 2.40. The zero-order valence-corrected chi connectivity index (χ0v) is 9.50. The molecule has 1 aromatic carbocycles. The Hall–Kier alpha value is -2.36. The average molecular weight is 227 g/mol. The molecule has 2 N–H and O–H groups in total. The summed E-state index contributed by atoms with van der Waals surface area (Å²) in [7, 11) is 1.60. The summed E-state index contributed by atoms with van der Waals surface area (Å²) in [5.74, 6) is 1.06. The van der Waals surface area contributed by atoms with Gasteiger partial charge in [-0.05, 0) is 24.3 Å². The highest BCUT2D eigenvalue weighted by molar-refractivity contribution is 5.97. The Bertz CT molecular complexity index is 523. The minimum Gasteiger partial charge on any atom is -0.494 e. The zero-order valence-electron chi connectivity index (χ0n) is 9.50. The van der Waals surface area contributed by atoms with E-state index in [4.69, 9.17) is 10.5 Å². The van der Waals surface area contributed by atoms with E-state index < -0.39 is 0 Å². The highest BCUT2D eigenvalue weighted by Crippen LogP contribution is 2.26. The lowest BCUT2D eigenvalue weighted by atomic mass is 10.3. The van der Waals surface area contributed by atoms with Gasteiger partial charge >= 0.3 is 0 Å². The van der Waals surface area contributed by atoms with Crippen molar-refractivity contribution in [3.63, 3.8) is 0 Å². The molecule has 0 aliphatic heterocycles. The molecule has 0 atom stereocenters. The third kappa shape index (κ3) is 2.60. The number of nitrogens with two attached hydrogens (primary N) is 1. The highest BCUT2D eigenvalue weighted by Gasteiger charge is 2.03. The Labute approximate surface area is 99.8 Å². The molecule has 0 spiro atoms. The summed E-state index contributed by atoms with van der Waals surface area (Å²) in [5, 5.41) is 0. The molecule has 0 saturated heterocycles. The molecule has 4 heteroatoms. The van der Waals surface area contributed by atoms with Crippen LogP contribution in [0.25, 0.3) is 0 Å². The lowest BCUT2D eigenvalue weighted by molar-refractivity contribution is 0.416. The molecule has 2 aromatic rings. The van der Waals surface area contributed by atoms with Crippen molar-refractivity contribution in [3.8, 4) is 5.75 Å². The fourth-order valence-corrected chi connectivity index (χ4v) is 1.42. The Morgan fingerprint density at radius 2 is 1.94 bits per heavy atom. The molecule has 0 saturated carbocycles. The summed E-state index contributed by atoms with van der Waals surface area (Å²) in [5.41, 5.74) is 7.23. The van der Waals surface area contributed by atoms with Gasteiger partial charge in [0.15, 0.2) is 0 Å². The Kier molecular flexibility index (Phi) is 3.35. The zero-order chi connectivity index (χ0) is 12.1. The molecule has 1 heterocycles. The number of rotatable bonds is 3. The van der Waals surface area contributed by atoms with Crippen molar-refractivity contribution >= 4 is 11.5 Å². The number of aliphatic imine (C=N–C) groups is 1. The van der Waals surface area contributed by atoms with Crippen molar-refractivity contribution in [1.29, 1.82) is 0 Å². The third-order valence-corrected chi connectivity index (χ3v) is 2.25. The number of hydrogen-bond donors (Lipinski definition) is 1. The lowest BCUT2D eigenvalue weighted by Gasteiger charge is -2.04. The molecule has 0 bridgehead atoms. The first-order valence-electron chi connectivity index (χ1n) is 5.20. The number of benzene rings is 1. The van der Waals surface area contributed by atoms with E-state index in [1.807, 2.05) is 42.5 Å². The fraction of sp³-hybridized carbons (Fsp3) is 0.0769. The SMILES string of the molecule is COc1ccccc1N=C(N)c1ccccn1. The van der Waals surface area contributed by atoms with E-state index in [2.05, 4.69) is 9.98 Å². The number of amidine groups is 1. The van der Waals surface area contributed by atoms with Gasteiger partial charge in [-0.25, -0.2) is 4.99 Å². The first kappa shape index (κ1) is 11.1. The molecule has 2 rings (SSSR count). The number of hydrogen-bond acceptors (Lipinski definition) is 3. The maximum absolute atomic E-state index is 5.88. The number of methoxy groups -OCH3 is 1. The first-order valence-corrected chi connectivity index (χ1v) is 5.20. The number of nitrogens with zero attached hydrogens (tertiary/aromatic N) is 2. The molecule has 4 nitrogen and oxygen atoms in total. The maximum atomic E-state index is 5.88. The third-order valence-electron chi connectivity index (χ3n) is 2.25. The minimum absolute atomic E-state index is 0.370. The van der Waals surface area contributed by atoms with Gasteiger partial charge in [-0.3, -0.25) is 4.98 Å². The maximum Gasteiger partial charge on any atom is 0.150 e. The van der Waals surface area contributed by atoms with Crippen LogP contribution in [-0.4, -0.2) is 17.9 Å². The summed E-state index contributed by atoms with van der Waals surface area (Å²) in [6, 6.07) is 13.0. The van der Waals surface area contributed by atoms with Crippen molar-refractivity contribution in [2.75, 3.05) is 7.11 Å². The van der Waals surface area contributed by atoms with E-state index in [1.54, 1.807) is 13.3 Å². The second-order valence-corrected chi connectivity index (χ2v) is 3.38. The van der Waals surface area contributed by atoms with Crippen LogP contribution in [0, 0.1) is 0 Å². The van der Waals surface area contributed by atoms with Gasteiger partial charge in [-0.1, -0.05) is 18.2 Å². The molecule has 0 aliphatic rings. The van der Waals surface area contributed by atoms with Crippen LogP contribution in [0.3, 0.4) is 0 Å². The number of pyridine rings is 1. The molecule has 0 aliphatic carbocycles. The minimum atomic E-state index is 0.370. The van der Waals surface area contributed by atoms with Gasteiger partial charge < -0.3 is 10.5 Å². The molecule has 0 radical (unpaired) electrons. The van der Waals surface area contributed by atoms with Gasteiger partial charge in [0.25, 0.3) is 0 Å². The Balaban J connectivity index is 2.36. The lowest BCUT2D eigenvalue weighted by Crippen LogP contribution is -2.14. The van der Waals surface area contributed by atoms with Crippen molar-refractivity contribution in [1.82, 2.24) is 4.98 Å². The van der Waals surface area contributed by atoms with Gasteiger partial charge in [0.05, 0.1) is 7.11 Å². The van der Waals surface area contributed by atoms with Crippen LogP contribution < -0.4 is 10.5 Å². The Morgan fingerprint density at radius 1 is 1.18 bits per heavy atom. The van der Waals surface area contributed by atoms with E-state index in [1.165, 1.54) is 0 Å². The standard InChI is InChI=1S/C13H13N3O/c1-17-12-8-3-2-6-10(12)16-13(14)11-7-4-5-9-15-11/h2-9H,1H3,(H2,14,16). The van der Waals surface area contributed by atoms with Crippen LogP contribution in [0.15, 0.2) is 53.7 Å². The molecule has 1 aromatic heterocycles. The molecule has 17 heavy (non-hydrogen) atoms. The van der Waals surface area contributed by atoms with Gasteiger partial charge in [-0.2, -0.15) is 0 Å². The smallest absolute Gasteiger partial charge is 0.150 e. The second-order valence-electron chi connectivity index (χ2n) is 3.38. The molecular formula is C13H13N3O. The van der Waals surface area contributed by atoms with Gasteiger partial charge in [-0.15, -0.1) is 0 Å². The van der Waals surface area contributed by atoms with Crippen LogP contribution >= 0.6 is 0 Å². The largest absolute Gasteiger partial charge is 0.494 e. The first-order chi connectivity index (χ1) is 8.31. The van der Waals surface area contributed by atoms with Gasteiger partial charge in [0.2, 0.25) is 0 Å². The van der Waals surface area contributed by atoms with E-state index in [0.717, 1.165) is 0 Å². The predicted octanol–water partition coefficient (Wildman–Crippen LogP) is 2.13. The van der Waals surface area contributed by atoms with Crippen LogP contribution in [0.5, 0.6) is 5.75 Å². The van der Waals surface area contributed by atoms with Crippen LogP contribution in [0.2, 0.25) is 0 Å². The summed E-state index contributed by atoms with van der Waals surface area (Å²) < 4.78 is 5.20. The van der Waals surface area contributed by atoms with Crippen LogP contribution in [0.1, 0.15) is 5.69 Å². The molecule has 86 valence electrons. The van der Waals surface area contributed by atoms with E-state index in [-0.39, 0.29) is 0 Å².